The highest BCUT2D eigenvalue weighted by Crippen LogP contribution is 1.94. The van der Waals surface area contributed by atoms with Crippen LogP contribution in [0.1, 0.15) is 27.7 Å². The standard InChI is InChI=1S/C16H29FN4O4/c1-10(2)18-5-12(22)7-20-9-14(17)15(24)21(16(20)25)8-13(23)6-19-11(3)4/h9-13,18-19,22-23H,5-8H2,1-4H3. The average molecular weight is 360 g/mol. The second-order valence-corrected chi connectivity index (χ2v) is 6.76. The summed E-state index contributed by atoms with van der Waals surface area (Å²) in [7, 11) is 0. The van der Waals surface area contributed by atoms with Crippen LogP contribution in [0.2, 0.25) is 0 Å². The van der Waals surface area contributed by atoms with Crippen LogP contribution in [0.4, 0.5) is 4.39 Å². The van der Waals surface area contributed by atoms with Gasteiger partial charge in [-0.05, 0) is 0 Å². The fourth-order valence-electron chi connectivity index (χ4n) is 2.22. The summed E-state index contributed by atoms with van der Waals surface area (Å²) in [5.41, 5.74) is -1.85. The number of hydrogen-bond acceptors (Lipinski definition) is 6. The van der Waals surface area contributed by atoms with Crippen LogP contribution in [-0.2, 0) is 13.1 Å². The second kappa shape index (κ2) is 9.81. The van der Waals surface area contributed by atoms with E-state index in [4.69, 9.17) is 0 Å². The van der Waals surface area contributed by atoms with Crippen LogP contribution in [-0.4, -0.2) is 56.7 Å². The van der Waals surface area contributed by atoms with Crippen LogP contribution in [0.3, 0.4) is 0 Å². The van der Waals surface area contributed by atoms with Gasteiger partial charge in [-0.1, -0.05) is 27.7 Å². The molecule has 25 heavy (non-hydrogen) atoms. The molecule has 9 heteroatoms. The molecule has 0 aliphatic heterocycles. The predicted molar refractivity (Wildman–Crippen MR) is 93.2 cm³/mol. The summed E-state index contributed by atoms with van der Waals surface area (Å²) in [6, 6.07) is 0.278. The molecule has 2 atom stereocenters. The third-order valence-electron chi connectivity index (χ3n) is 3.52. The highest BCUT2D eigenvalue weighted by atomic mass is 19.1. The smallest absolute Gasteiger partial charge is 0.331 e. The summed E-state index contributed by atoms with van der Waals surface area (Å²) in [5, 5.41) is 25.9. The molecule has 0 aliphatic carbocycles. The van der Waals surface area contributed by atoms with Gasteiger partial charge in [0, 0.05) is 25.2 Å². The Morgan fingerprint density at radius 1 is 1.00 bits per heavy atom. The van der Waals surface area contributed by atoms with Crippen molar-refractivity contribution in [3.05, 3.63) is 32.9 Å². The summed E-state index contributed by atoms with van der Waals surface area (Å²) in [6.07, 6.45) is -1.15. The molecule has 0 bridgehead atoms. The lowest BCUT2D eigenvalue weighted by atomic mass is 10.3. The third kappa shape index (κ3) is 7.07. The molecule has 0 amide bonds. The normalized spacial score (nSPS) is 14.3. The first-order chi connectivity index (χ1) is 11.6. The van der Waals surface area contributed by atoms with Gasteiger partial charge in [0.05, 0.1) is 31.5 Å². The SMILES string of the molecule is CC(C)NCC(O)Cn1cc(F)c(=O)n(CC(O)CNC(C)C)c1=O. The molecule has 0 aromatic carbocycles. The maximum absolute atomic E-state index is 13.9. The molecule has 4 N–H and O–H groups in total. The summed E-state index contributed by atoms with van der Waals surface area (Å²) in [5.74, 6) is -1.10. The predicted octanol–water partition coefficient (Wildman–Crippen LogP) is -1.13. The minimum atomic E-state index is -1.10. The van der Waals surface area contributed by atoms with Gasteiger partial charge in [-0.2, -0.15) is 4.39 Å². The first kappa shape index (κ1) is 21.5. The van der Waals surface area contributed by atoms with Crippen LogP contribution in [0.15, 0.2) is 15.8 Å². The van der Waals surface area contributed by atoms with Crippen molar-refractivity contribution in [2.75, 3.05) is 13.1 Å². The van der Waals surface area contributed by atoms with Crippen molar-refractivity contribution in [1.82, 2.24) is 19.8 Å². The minimum absolute atomic E-state index is 0.124. The summed E-state index contributed by atoms with van der Waals surface area (Å²) in [4.78, 5) is 24.3. The number of halogens is 1. The monoisotopic (exact) mass is 360 g/mol. The molecule has 2 unspecified atom stereocenters. The zero-order valence-electron chi connectivity index (χ0n) is 15.2. The minimum Gasteiger partial charge on any atom is -0.390 e. The number of nitrogens with zero attached hydrogens (tertiary/aromatic N) is 2. The zero-order valence-corrected chi connectivity index (χ0v) is 15.2. The summed E-state index contributed by atoms with van der Waals surface area (Å²) >= 11 is 0. The Morgan fingerprint density at radius 2 is 1.48 bits per heavy atom. The van der Waals surface area contributed by atoms with E-state index in [0.29, 0.717) is 4.57 Å². The van der Waals surface area contributed by atoms with Gasteiger partial charge in [-0.25, -0.2) is 4.79 Å². The maximum atomic E-state index is 13.9. The molecule has 0 fully saturated rings. The zero-order chi connectivity index (χ0) is 19.1. The van der Waals surface area contributed by atoms with E-state index >= 15 is 0 Å². The molecule has 0 saturated heterocycles. The third-order valence-corrected chi connectivity index (χ3v) is 3.52. The number of hydrogen-bond donors (Lipinski definition) is 4. The lowest BCUT2D eigenvalue weighted by molar-refractivity contribution is 0.136. The van der Waals surface area contributed by atoms with Gasteiger partial charge >= 0.3 is 5.69 Å². The number of rotatable bonds is 10. The molecule has 144 valence electrons. The lowest BCUT2D eigenvalue weighted by Crippen LogP contribution is -2.47. The fourth-order valence-corrected chi connectivity index (χ4v) is 2.22. The maximum Gasteiger partial charge on any atom is 0.331 e. The molecule has 0 radical (unpaired) electrons. The summed E-state index contributed by atoms with van der Waals surface area (Å²) < 4.78 is 15.5. The van der Waals surface area contributed by atoms with Gasteiger partial charge < -0.3 is 20.8 Å². The Kier molecular flexibility index (Phi) is 8.43. The van der Waals surface area contributed by atoms with Crippen LogP contribution in [0.5, 0.6) is 0 Å². The second-order valence-electron chi connectivity index (χ2n) is 6.76. The van der Waals surface area contributed by atoms with Gasteiger partial charge in [0.25, 0.3) is 5.56 Å². The first-order valence-electron chi connectivity index (χ1n) is 8.44. The Labute approximate surface area is 146 Å². The molecule has 1 heterocycles. The number of aliphatic hydroxyl groups excluding tert-OH is 2. The molecule has 8 nitrogen and oxygen atoms in total. The molecular formula is C16H29FN4O4. The average Bonchev–Trinajstić information content (AvgIpc) is 2.52. The molecule has 1 aromatic heterocycles. The van der Waals surface area contributed by atoms with Crippen LogP contribution in [0.25, 0.3) is 0 Å². The van der Waals surface area contributed by atoms with E-state index < -0.39 is 29.3 Å². The highest BCUT2D eigenvalue weighted by Gasteiger charge is 2.17. The lowest BCUT2D eigenvalue weighted by Gasteiger charge is -2.18. The Balaban J connectivity index is 2.94. The summed E-state index contributed by atoms with van der Waals surface area (Å²) in [6.45, 7) is 7.51. The highest BCUT2D eigenvalue weighted by molar-refractivity contribution is 4.91. The fraction of sp³-hybridized carbons (Fsp3) is 0.750. The number of aromatic nitrogens is 2. The topological polar surface area (TPSA) is 109 Å². The van der Waals surface area contributed by atoms with E-state index in [1.807, 2.05) is 27.7 Å². The molecule has 1 rings (SSSR count). The van der Waals surface area contributed by atoms with Crippen molar-refractivity contribution in [2.24, 2.45) is 0 Å². The largest absolute Gasteiger partial charge is 0.390 e. The van der Waals surface area contributed by atoms with Crippen LogP contribution >= 0.6 is 0 Å². The first-order valence-corrected chi connectivity index (χ1v) is 8.44. The van der Waals surface area contributed by atoms with Crippen molar-refractivity contribution in [3.63, 3.8) is 0 Å². The van der Waals surface area contributed by atoms with E-state index in [1.165, 1.54) is 0 Å². The van der Waals surface area contributed by atoms with E-state index in [0.717, 1.165) is 10.8 Å². The van der Waals surface area contributed by atoms with Crippen molar-refractivity contribution in [3.8, 4) is 0 Å². The van der Waals surface area contributed by atoms with E-state index in [1.54, 1.807) is 0 Å². The van der Waals surface area contributed by atoms with Gasteiger partial charge in [0.1, 0.15) is 0 Å². The Bertz CT molecular complexity index is 657. The van der Waals surface area contributed by atoms with E-state index in [9.17, 15) is 24.2 Å². The van der Waals surface area contributed by atoms with Gasteiger partial charge in [0.15, 0.2) is 0 Å². The van der Waals surface area contributed by atoms with Crippen LogP contribution < -0.4 is 21.9 Å². The number of nitrogens with one attached hydrogen (secondary N) is 2. The van der Waals surface area contributed by atoms with E-state index in [2.05, 4.69) is 10.6 Å². The molecule has 0 aliphatic rings. The Hall–Kier alpha value is -1.55. The molecule has 1 aromatic rings. The van der Waals surface area contributed by atoms with Crippen molar-refractivity contribution in [1.29, 1.82) is 0 Å². The van der Waals surface area contributed by atoms with E-state index in [-0.39, 0.29) is 38.3 Å². The molecule has 0 saturated carbocycles. The quantitative estimate of drug-likeness (QED) is 0.420. The van der Waals surface area contributed by atoms with Gasteiger partial charge in [-0.3, -0.25) is 13.9 Å². The van der Waals surface area contributed by atoms with Gasteiger partial charge in [-0.15, -0.1) is 0 Å². The van der Waals surface area contributed by atoms with Gasteiger partial charge in [0.2, 0.25) is 5.82 Å². The van der Waals surface area contributed by atoms with Crippen molar-refractivity contribution >= 4 is 0 Å². The van der Waals surface area contributed by atoms with Crippen molar-refractivity contribution < 1.29 is 14.6 Å². The molecule has 0 spiro atoms. The Morgan fingerprint density at radius 3 is 1.96 bits per heavy atom. The van der Waals surface area contributed by atoms with Crippen molar-refractivity contribution in [2.45, 2.75) is 65.1 Å². The van der Waals surface area contributed by atoms with Crippen LogP contribution in [0, 0.1) is 5.82 Å². The number of aliphatic hydroxyl groups is 2. The molecular weight excluding hydrogens is 331 g/mol.